The van der Waals surface area contributed by atoms with Gasteiger partial charge in [0.1, 0.15) is 5.82 Å². The zero-order valence-electron chi connectivity index (χ0n) is 12.6. The topological polar surface area (TPSA) is 36.3 Å². The van der Waals surface area contributed by atoms with Crippen molar-refractivity contribution < 1.29 is 9.31 Å². The molecule has 19 heavy (non-hydrogen) atoms. The maximum atomic E-state index is 6.07. The molecule has 1 aromatic rings. The molecule has 1 aliphatic heterocycles. The highest BCUT2D eigenvalue weighted by Crippen LogP contribution is 2.38. The van der Waals surface area contributed by atoms with E-state index in [1.807, 2.05) is 0 Å². The van der Waals surface area contributed by atoms with Crippen LogP contribution in [0.1, 0.15) is 59.3 Å². The molecule has 5 heteroatoms. The zero-order valence-corrected chi connectivity index (χ0v) is 12.6. The third-order valence-corrected chi connectivity index (χ3v) is 4.58. The first-order chi connectivity index (χ1) is 8.84. The highest BCUT2D eigenvalue weighted by Gasteiger charge is 2.52. The van der Waals surface area contributed by atoms with Gasteiger partial charge >= 0.3 is 7.12 Å². The molecule has 2 heterocycles. The number of hydrogen-bond acceptors (Lipinski definition) is 3. The fourth-order valence-electron chi connectivity index (χ4n) is 2.46. The van der Waals surface area contributed by atoms with E-state index >= 15 is 0 Å². The van der Waals surface area contributed by atoms with Gasteiger partial charge < -0.3 is 13.9 Å². The summed E-state index contributed by atoms with van der Waals surface area (Å²) in [5.74, 6) is 1.15. The summed E-state index contributed by atoms with van der Waals surface area (Å²) in [6.45, 7) is 10.4. The van der Waals surface area contributed by atoms with Crippen molar-refractivity contribution in [1.82, 2.24) is 9.55 Å². The average Bonchev–Trinajstić information content (AvgIpc) is 3.01. The van der Waals surface area contributed by atoms with Crippen LogP contribution in [0.4, 0.5) is 0 Å². The molecule has 104 valence electrons. The molecule has 1 aromatic heterocycles. The number of hydrogen-bond donors (Lipinski definition) is 0. The monoisotopic (exact) mass is 262 g/mol. The Morgan fingerprint density at radius 2 is 1.84 bits per heavy atom. The van der Waals surface area contributed by atoms with E-state index in [9.17, 15) is 0 Å². The standard InChI is InChI=1S/C14H23BN2O2/c1-6-12-16-11(9-17(12)10-7-8-10)15-18-13(2,3)14(4,5)19-15/h9-10H,6-8H2,1-5H3. The molecule has 0 spiro atoms. The summed E-state index contributed by atoms with van der Waals surface area (Å²) in [6.07, 6.45) is 5.62. The number of aromatic nitrogens is 2. The van der Waals surface area contributed by atoms with Gasteiger partial charge in [0.25, 0.3) is 0 Å². The highest BCUT2D eigenvalue weighted by molar-refractivity contribution is 6.61. The van der Waals surface area contributed by atoms with Gasteiger partial charge in [-0.15, -0.1) is 0 Å². The van der Waals surface area contributed by atoms with E-state index in [2.05, 4.69) is 45.4 Å². The molecule has 1 aliphatic carbocycles. The molecule has 0 atom stereocenters. The zero-order chi connectivity index (χ0) is 13.8. The van der Waals surface area contributed by atoms with Crippen LogP contribution in [0.5, 0.6) is 0 Å². The third kappa shape index (κ3) is 2.13. The SMILES string of the molecule is CCc1nc(B2OC(C)(C)C(C)(C)O2)cn1C1CC1. The molecule has 2 fully saturated rings. The van der Waals surface area contributed by atoms with Crippen LogP contribution in [-0.4, -0.2) is 27.9 Å². The van der Waals surface area contributed by atoms with Crippen molar-refractivity contribution in [1.29, 1.82) is 0 Å². The summed E-state index contributed by atoms with van der Waals surface area (Å²) in [7, 11) is -0.338. The second-order valence-electron chi connectivity index (χ2n) is 6.66. The molecular weight excluding hydrogens is 239 g/mol. The van der Waals surface area contributed by atoms with Crippen LogP contribution in [0.2, 0.25) is 0 Å². The van der Waals surface area contributed by atoms with Crippen LogP contribution in [0.3, 0.4) is 0 Å². The molecular formula is C14H23BN2O2. The van der Waals surface area contributed by atoms with Gasteiger partial charge in [-0.3, -0.25) is 0 Å². The van der Waals surface area contributed by atoms with Gasteiger partial charge in [-0.1, -0.05) is 6.92 Å². The molecule has 2 aliphatic rings. The van der Waals surface area contributed by atoms with E-state index in [0.29, 0.717) is 6.04 Å². The minimum Gasteiger partial charge on any atom is -0.398 e. The Balaban J connectivity index is 1.88. The molecule has 0 bridgehead atoms. The van der Waals surface area contributed by atoms with E-state index in [-0.39, 0.29) is 18.3 Å². The molecule has 0 amide bonds. The van der Waals surface area contributed by atoms with E-state index < -0.39 is 0 Å². The summed E-state index contributed by atoms with van der Waals surface area (Å²) in [5, 5.41) is 0. The van der Waals surface area contributed by atoms with Crippen LogP contribution in [0, 0.1) is 0 Å². The van der Waals surface area contributed by atoms with Gasteiger partial charge in [0.05, 0.1) is 16.8 Å². The minimum absolute atomic E-state index is 0.298. The van der Waals surface area contributed by atoms with Gasteiger partial charge in [-0.25, -0.2) is 4.98 Å². The van der Waals surface area contributed by atoms with Crippen LogP contribution in [0.15, 0.2) is 6.20 Å². The lowest BCUT2D eigenvalue weighted by atomic mass is 9.86. The van der Waals surface area contributed by atoms with Crippen molar-refractivity contribution in [3.05, 3.63) is 12.0 Å². The third-order valence-electron chi connectivity index (χ3n) is 4.58. The first-order valence-corrected chi connectivity index (χ1v) is 7.27. The van der Waals surface area contributed by atoms with Crippen molar-refractivity contribution in [2.45, 2.75) is 71.1 Å². The van der Waals surface area contributed by atoms with Crippen LogP contribution >= 0.6 is 0 Å². The van der Waals surface area contributed by atoms with E-state index in [4.69, 9.17) is 14.3 Å². The summed E-state index contributed by atoms with van der Waals surface area (Å²) < 4.78 is 14.4. The van der Waals surface area contributed by atoms with E-state index in [0.717, 1.165) is 17.8 Å². The normalized spacial score (nSPS) is 25.0. The Bertz CT molecular complexity index is 476. The van der Waals surface area contributed by atoms with Gasteiger partial charge in [0.15, 0.2) is 0 Å². The molecule has 0 N–H and O–H groups in total. The van der Waals surface area contributed by atoms with Gasteiger partial charge in [0, 0.05) is 18.7 Å². The lowest BCUT2D eigenvalue weighted by molar-refractivity contribution is 0.00578. The number of nitrogens with zero attached hydrogens (tertiary/aromatic N) is 2. The van der Waals surface area contributed by atoms with E-state index in [1.54, 1.807) is 0 Å². The Morgan fingerprint density at radius 3 is 2.32 bits per heavy atom. The average molecular weight is 262 g/mol. The molecule has 3 rings (SSSR count). The van der Waals surface area contributed by atoms with Crippen LogP contribution < -0.4 is 5.59 Å². The van der Waals surface area contributed by atoms with Crippen LogP contribution in [0.25, 0.3) is 0 Å². The molecule has 1 saturated carbocycles. The van der Waals surface area contributed by atoms with Crippen molar-refractivity contribution >= 4 is 12.7 Å². The van der Waals surface area contributed by atoms with Crippen molar-refractivity contribution in [2.24, 2.45) is 0 Å². The summed E-state index contributed by atoms with van der Waals surface area (Å²) in [6, 6.07) is 0.652. The van der Waals surface area contributed by atoms with Gasteiger partial charge in [-0.05, 0) is 40.5 Å². The number of aryl methyl sites for hydroxylation is 1. The minimum atomic E-state index is -0.338. The Kier molecular flexibility index (Phi) is 2.84. The summed E-state index contributed by atoms with van der Waals surface area (Å²) in [5.41, 5.74) is 0.322. The fraction of sp³-hybridized carbons (Fsp3) is 0.786. The molecule has 0 unspecified atom stereocenters. The second kappa shape index (κ2) is 4.09. The Hall–Kier alpha value is -0.805. The first-order valence-electron chi connectivity index (χ1n) is 7.27. The van der Waals surface area contributed by atoms with E-state index in [1.165, 1.54) is 12.8 Å². The Morgan fingerprint density at radius 1 is 1.26 bits per heavy atom. The van der Waals surface area contributed by atoms with Crippen molar-refractivity contribution in [2.75, 3.05) is 0 Å². The predicted molar refractivity (Wildman–Crippen MR) is 75.6 cm³/mol. The smallest absolute Gasteiger partial charge is 0.398 e. The highest BCUT2D eigenvalue weighted by atomic mass is 16.7. The lowest BCUT2D eigenvalue weighted by Crippen LogP contribution is -2.41. The summed E-state index contributed by atoms with van der Waals surface area (Å²) in [4.78, 5) is 4.72. The molecule has 4 nitrogen and oxygen atoms in total. The number of imidazole rings is 1. The second-order valence-corrected chi connectivity index (χ2v) is 6.66. The lowest BCUT2D eigenvalue weighted by Gasteiger charge is -2.32. The number of rotatable bonds is 3. The van der Waals surface area contributed by atoms with Crippen molar-refractivity contribution in [3.63, 3.8) is 0 Å². The summed E-state index contributed by atoms with van der Waals surface area (Å²) >= 11 is 0. The largest absolute Gasteiger partial charge is 0.516 e. The maximum Gasteiger partial charge on any atom is 0.516 e. The van der Waals surface area contributed by atoms with Crippen molar-refractivity contribution in [3.8, 4) is 0 Å². The molecule has 0 radical (unpaired) electrons. The van der Waals surface area contributed by atoms with Gasteiger partial charge in [0.2, 0.25) is 0 Å². The molecule has 1 saturated heterocycles. The predicted octanol–water partition coefficient (Wildman–Crippen LogP) is 2.08. The first kappa shape index (κ1) is 13.2. The quantitative estimate of drug-likeness (QED) is 0.782. The van der Waals surface area contributed by atoms with Gasteiger partial charge in [-0.2, -0.15) is 0 Å². The maximum absolute atomic E-state index is 6.07. The Labute approximate surface area is 115 Å². The fourth-order valence-corrected chi connectivity index (χ4v) is 2.46. The van der Waals surface area contributed by atoms with Crippen LogP contribution in [-0.2, 0) is 15.7 Å². The molecule has 0 aromatic carbocycles.